The fourth-order valence-electron chi connectivity index (χ4n) is 2.26. The van der Waals surface area contributed by atoms with Gasteiger partial charge in [-0.1, -0.05) is 10.3 Å². The molecule has 0 aliphatic heterocycles. The molecule has 0 bridgehead atoms. The normalized spacial score (nSPS) is 16.5. The second kappa shape index (κ2) is 11.5. The summed E-state index contributed by atoms with van der Waals surface area (Å²) in [5.41, 5.74) is 0.639. The molecule has 10 heteroatoms. The molecule has 0 saturated heterocycles. The van der Waals surface area contributed by atoms with Crippen molar-refractivity contribution in [3.63, 3.8) is 0 Å². The summed E-state index contributed by atoms with van der Waals surface area (Å²) in [6.45, 7) is 20.1. The third-order valence-corrected chi connectivity index (χ3v) is 6.08. The third-order valence-electron chi connectivity index (χ3n) is 3.03. The highest BCUT2D eigenvalue weighted by atomic mass is 28.4. The molecule has 160 valence electrons. The van der Waals surface area contributed by atoms with Crippen molar-refractivity contribution < 1.29 is 23.0 Å². The van der Waals surface area contributed by atoms with Crippen molar-refractivity contribution in [1.82, 2.24) is 0 Å². The molecule has 0 aromatic carbocycles. The number of hydrogen-bond donors (Lipinski definition) is 0. The smallest absolute Gasteiger partial charge is 0.184 e. The Morgan fingerprint density at radius 1 is 0.778 bits per heavy atom. The van der Waals surface area contributed by atoms with Crippen LogP contribution in [0.15, 0.2) is 10.3 Å². The molecule has 0 radical (unpaired) electrons. The second-order valence-electron chi connectivity index (χ2n) is 9.35. The van der Waals surface area contributed by atoms with Crippen molar-refractivity contribution in [1.29, 1.82) is 0 Å². The zero-order chi connectivity index (χ0) is 21.3. The number of nitrogens with zero attached hydrogens (tertiary/aromatic N) is 2. The number of oxime groups is 2. The van der Waals surface area contributed by atoms with E-state index in [0.29, 0.717) is 18.7 Å². The van der Waals surface area contributed by atoms with Crippen LogP contribution in [0.2, 0.25) is 58.9 Å². The quantitative estimate of drug-likeness (QED) is 0.244. The molecule has 0 saturated carbocycles. The van der Waals surface area contributed by atoms with Gasteiger partial charge in [-0.3, -0.25) is 0 Å². The predicted octanol–water partition coefficient (Wildman–Crippen LogP) is 4.30. The fraction of sp³-hybridized carbons (Fsp3) is 0.882. The molecule has 0 amide bonds. The van der Waals surface area contributed by atoms with Crippen LogP contribution >= 0.6 is 0 Å². The largest absolute Gasteiger partial charge is 0.415 e. The summed E-state index contributed by atoms with van der Waals surface area (Å²) in [6.07, 6.45) is 1.69. The Morgan fingerprint density at radius 2 is 1.30 bits per heavy atom. The summed E-state index contributed by atoms with van der Waals surface area (Å²) in [7, 11) is -2.32. The third kappa shape index (κ3) is 15.1. The van der Waals surface area contributed by atoms with Gasteiger partial charge in [0, 0.05) is 6.42 Å². The Morgan fingerprint density at radius 3 is 1.70 bits per heavy atom. The first-order chi connectivity index (χ1) is 12.2. The van der Waals surface area contributed by atoms with Gasteiger partial charge >= 0.3 is 0 Å². The van der Waals surface area contributed by atoms with E-state index in [0.717, 1.165) is 0 Å². The first-order valence-electron chi connectivity index (χ1n) is 9.33. The molecule has 0 aromatic heterocycles. The first kappa shape index (κ1) is 26.5. The molecule has 27 heavy (non-hydrogen) atoms. The molecule has 2 atom stereocenters. The Hall–Kier alpha value is -0.529. The van der Waals surface area contributed by atoms with E-state index in [4.69, 9.17) is 23.0 Å². The summed E-state index contributed by atoms with van der Waals surface area (Å²) in [5.74, 6) is 0. The van der Waals surface area contributed by atoms with Gasteiger partial charge in [-0.25, -0.2) is 0 Å². The maximum Gasteiger partial charge on any atom is 0.184 e. The number of hydrogen-bond acceptors (Lipinski definition) is 7. The average molecular weight is 437 g/mol. The summed E-state index contributed by atoms with van der Waals surface area (Å²) in [4.78, 5) is 9.76. The SMILES string of the molecule is CO/N=C(\C=N\OC)CC(O[Si](C)(C)C)C(CO[Si](C)(C)C)O[Si](C)(C)C. The Labute approximate surface area is 168 Å². The lowest BCUT2D eigenvalue weighted by Crippen LogP contribution is -2.49. The summed E-state index contributed by atoms with van der Waals surface area (Å²) in [5, 5.41) is 7.89. The lowest BCUT2D eigenvalue weighted by atomic mass is 10.1. The van der Waals surface area contributed by atoms with Crippen molar-refractivity contribution in [2.75, 3.05) is 20.8 Å². The van der Waals surface area contributed by atoms with E-state index in [2.05, 4.69) is 69.2 Å². The molecule has 0 rings (SSSR count). The van der Waals surface area contributed by atoms with Crippen LogP contribution in [0, 0.1) is 0 Å². The molecule has 0 heterocycles. The summed E-state index contributed by atoms with van der Waals surface area (Å²) < 4.78 is 19.2. The minimum absolute atomic E-state index is 0.173. The molecule has 0 aliphatic rings. The molecule has 7 nitrogen and oxygen atoms in total. The van der Waals surface area contributed by atoms with Gasteiger partial charge in [-0.15, -0.1) is 0 Å². The van der Waals surface area contributed by atoms with Gasteiger partial charge in [-0.05, 0) is 58.9 Å². The van der Waals surface area contributed by atoms with E-state index in [1.165, 1.54) is 14.2 Å². The fourth-order valence-corrected chi connectivity index (χ4v) is 5.19. The van der Waals surface area contributed by atoms with Crippen molar-refractivity contribution in [3.8, 4) is 0 Å². The Balaban J connectivity index is 5.68. The van der Waals surface area contributed by atoms with Gasteiger partial charge in [0.05, 0.1) is 25.0 Å². The van der Waals surface area contributed by atoms with Gasteiger partial charge in [0.15, 0.2) is 25.0 Å². The highest BCUT2D eigenvalue weighted by Crippen LogP contribution is 2.21. The summed E-state index contributed by atoms with van der Waals surface area (Å²) >= 11 is 0. The van der Waals surface area contributed by atoms with Gasteiger partial charge in [0.25, 0.3) is 0 Å². The maximum absolute atomic E-state index is 6.50. The summed E-state index contributed by atoms with van der Waals surface area (Å²) in [6, 6.07) is 0. The van der Waals surface area contributed by atoms with E-state index >= 15 is 0 Å². The second-order valence-corrected chi connectivity index (χ2v) is 22.8. The lowest BCUT2D eigenvalue weighted by Gasteiger charge is -2.37. The van der Waals surface area contributed by atoms with Crippen LogP contribution in [0.3, 0.4) is 0 Å². The van der Waals surface area contributed by atoms with Crippen molar-refractivity contribution in [2.24, 2.45) is 10.3 Å². The zero-order valence-electron chi connectivity index (χ0n) is 19.1. The van der Waals surface area contributed by atoms with Crippen molar-refractivity contribution in [2.45, 2.75) is 77.6 Å². The van der Waals surface area contributed by atoms with E-state index in [1.807, 2.05) is 0 Å². The van der Waals surface area contributed by atoms with Crippen LogP contribution in [0.5, 0.6) is 0 Å². The predicted molar refractivity (Wildman–Crippen MR) is 120 cm³/mol. The highest BCUT2D eigenvalue weighted by Gasteiger charge is 2.34. The number of rotatable bonds is 13. The minimum Gasteiger partial charge on any atom is -0.415 e. The minimum atomic E-state index is -1.83. The molecule has 0 aliphatic carbocycles. The Bertz CT molecular complexity index is 482. The van der Waals surface area contributed by atoms with Crippen LogP contribution in [0.25, 0.3) is 0 Å². The van der Waals surface area contributed by atoms with Crippen LogP contribution in [0.4, 0.5) is 0 Å². The van der Waals surface area contributed by atoms with Crippen LogP contribution < -0.4 is 0 Å². The molecular weight excluding hydrogens is 396 g/mol. The van der Waals surface area contributed by atoms with Crippen molar-refractivity contribution >= 4 is 36.9 Å². The van der Waals surface area contributed by atoms with E-state index in [1.54, 1.807) is 6.21 Å². The van der Waals surface area contributed by atoms with E-state index in [9.17, 15) is 0 Å². The first-order valence-corrected chi connectivity index (χ1v) is 19.6. The molecule has 0 N–H and O–H groups in total. The molecule has 0 aromatic rings. The molecule has 0 spiro atoms. The zero-order valence-corrected chi connectivity index (χ0v) is 22.1. The van der Waals surface area contributed by atoms with Crippen LogP contribution in [-0.2, 0) is 23.0 Å². The standard InChI is InChI=1S/C17H40N2O5Si3/c1-20-18-13-15(19-21-2)12-16(23-26(6,7)8)17(24-27(9,10)11)14-22-25(3,4)5/h13,16-17H,12,14H2,1-11H3/b18-13+,19-15-. The lowest BCUT2D eigenvalue weighted by molar-refractivity contribution is 0.0155. The molecule has 2 unspecified atom stereocenters. The highest BCUT2D eigenvalue weighted by molar-refractivity contribution is 6.70. The Kier molecular flexibility index (Phi) is 11.2. The van der Waals surface area contributed by atoms with Crippen LogP contribution in [0.1, 0.15) is 6.42 Å². The topological polar surface area (TPSA) is 70.9 Å². The monoisotopic (exact) mass is 436 g/mol. The van der Waals surface area contributed by atoms with Gasteiger partial charge in [-0.2, -0.15) is 0 Å². The average Bonchev–Trinajstić information content (AvgIpc) is 2.45. The van der Waals surface area contributed by atoms with Gasteiger partial charge in [0.1, 0.15) is 19.9 Å². The maximum atomic E-state index is 6.50. The van der Waals surface area contributed by atoms with Crippen LogP contribution in [-0.4, -0.2) is 69.9 Å². The van der Waals surface area contributed by atoms with Crippen molar-refractivity contribution in [3.05, 3.63) is 0 Å². The molecule has 0 fully saturated rings. The van der Waals surface area contributed by atoms with Gasteiger partial charge in [0.2, 0.25) is 0 Å². The van der Waals surface area contributed by atoms with E-state index in [-0.39, 0.29) is 12.2 Å². The van der Waals surface area contributed by atoms with Gasteiger partial charge < -0.3 is 23.0 Å². The molecular formula is C17H40N2O5Si3. The van der Waals surface area contributed by atoms with E-state index < -0.39 is 25.0 Å².